The fraction of sp³-hybridized carbons (Fsp3) is 0.167. The van der Waals surface area contributed by atoms with Crippen molar-refractivity contribution in [2.75, 3.05) is 5.32 Å². The van der Waals surface area contributed by atoms with Crippen molar-refractivity contribution in [3.05, 3.63) is 83.7 Å². The molecule has 1 heterocycles. The van der Waals surface area contributed by atoms with Gasteiger partial charge < -0.3 is 5.32 Å². The quantitative estimate of drug-likeness (QED) is 0.767. The smallest absolute Gasteiger partial charge is 0.0659 e. The lowest BCUT2D eigenvalue weighted by Gasteiger charge is -2.05. The van der Waals surface area contributed by atoms with Crippen LogP contribution in [0.25, 0.3) is 0 Å². The molecule has 1 N–H and O–H groups in total. The van der Waals surface area contributed by atoms with E-state index in [1.165, 1.54) is 16.7 Å². The number of benzene rings is 2. The number of nitrogens with one attached hydrogen (secondary N) is 1. The molecule has 0 unspecified atom stereocenters. The van der Waals surface area contributed by atoms with Crippen molar-refractivity contribution in [1.82, 2.24) is 9.78 Å². The predicted octanol–water partition coefficient (Wildman–Crippen LogP) is 3.85. The molecular weight excluding hydrogens is 258 g/mol. The van der Waals surface area contributed by atoms with Crippen molar-refractivity contribution in [3.63, 3.8) is 0 Å². The minimum Gasteiger partial charge on any atom is -0.381 e. The van der Waals surface area contributed by atoms with Crippen molar-refractivity contribution in [1.29, 1.82) is 0 Å². The molecule has 3 rings (SSSR count). The molecule has 0 amide bonds. The summed E-state index contributed by atoms with van der Waals surface area (Å²) >= 11 is 0. The van der Waals surface area contributed by atoms with Crippen LogP contribution in [0.1, 0.15) is 16.7 Å². The average molecular weight is 277 g/mol. The molecular formula is C18H19N3. The zero-order chi connectivity index (χ0) is 14.5. The Morgan fingerprint density at radius 3 is 2.48 bits per heavy atom. The second-order valence-electron chi connectivity index (χ2n) is 5.25. The summed E-state index contributed by atoms with van der Waals surface area (Å²) in [5, 5.41) is 7.83. The lowest BCUT2D eigenvalue weighted by molar-refractivity contribution is 0.686. The first-order valence-electron chi connectivity index (χ1n) is 7.15. The summed E-state index contributed by atoms with van der Waals surface area (Å²) in [7, 11) is 0. The van der Waals surface area contributed by atoms with Crippen molar-refractivity contribution in [2.24, 2.45) is 0 Å². The van der Waals surface area contributed by atoms with Gasteiger partial charge in [-0.2, -0.15) is 5.10 Å². The lowest BCUT2D eigenvalue weighted by atomic mass is 10.2. The summed E-state index contributed by atoms with van der Waals surface area (Å²) < 4.78 is 1.97. The Bertz CT molecular complexity index is 684. The number of hydrogen-bond acceptors (Lipinski definition) is 2. The topological polar surface area (TPSA) is 29.9 Å². The van der Waals surface area contributed by atoms with E-state index in [-0.39, 0.29) is 0 Å². The largest absolute Gasteiger partial charge is 0.381 e. The highest BCUT2D eigenvalue weighted by molar-refractivity contribution is 5.44. The van der Waals surface area contributed by atoms with Gasteiger partial charge in [-0.1, -0.05) is 48.0 Å². The fourth-order valence-electron chi connectivity index (χ4n) is 2.23. The predicted molar refractivity (Wildman–Crippen MR) is 86.3 cm³/mol. The molecule has 3 heteroatoms. The molecule has 0 atom stereocenters. The van der Waals surface area contributed by atoms with E-state index < -0.39 is 0 Å². The molecule has 0 saturated heterocycles. The highest BCUT2D eigenvalue weighted by Gasteiger charge is 2.00. The van der Waals surface area contributed by atoms with Crippen LogP contribution in [0, 0.1) is 6.92 Å². The maximum Gasteiger partial charge on any atom is 0.0659 e. The molecule has 0 aliphatic heterocycles. The first-order chi connectivity index (χ1) is 10.3. The number of rotatable bonds is 5. The zero-order valence-corrected chi connectivity index (χ0v) is 12.2. The van der Waals surface area contributed by atoms with E-state index in [9.17, 15) is 0 Å². The third-order valence-corrected chi connectivity index (χ3v) is 3.42. The number of anilines is 1. The number of aromatic nitrogens is 2. The molecule has 1 aromatic heterocycles. The maximum absolute atomic E-state index is 4.41. The van der Waals surface area contributed by atoms with Gasteiger partial charge in [-0.15, -0.1) is 0 Å². The summed E-state index contributed by atoms with van der Waals surface area (Å²) in [6.07, 6.45) is 4.01. The minimum absolute atomic E-state index is 0.790. The van der Waals surface area contributed by atoms with Gasteiger partial charge in [0.2, 0.25) is 0 Å². The Morgan fingerprint density at radius 2 is 1.71 bits per heavy atom. The Balaban J connectivity index is 1.59. The summed E-state index contributed by atoms with van der Waals surface area (Å²) in [5.41, 5.74) is 4.86. The number of nitrogens with zero attached hydrogens (tertiary/aromatic N) is 2. The van der Waals surface area contributed by atoms with Crippen LogP contribution in [-0.2, 0) is 13.1 Å². The van der Waals surface area contributed by atoms with Crippen LogP contribution in [0.5, 0.6) is 0 Å². The van der Waals surface area contributed by atoms with Crippen molar-refractivity contribution >= 4 is 5.69 Å². The standard InChI is InChI=1S/C18H19N3/c1-15-7-9-18(10-8-15)19-11-17-12-20-21(14-17)13-16-5-3-2-4-6-16/h2-10,12,14,19H,11,13H2,1H3. The normalized spacial score (nSPS) is 10.5. The summed E-state index contributed by atoms with van der Waals surface area (Å²) in [5.74, 6) is 0. The average Bonchev–Trinajstić information content (AvgIpc) is 2.95. The van der Waals surface area contributed by atoms with Crippen molar-refractivity contribution in [2.45, 2.75) is 20.0 Å². The molecule has 21 heavy (non-hydrogen) atoms. The SMILES string of the molecule is Cc1ccc(NCc2cnn(Cc3ccccc3)c2)cc1. The molecule has 0 fully saturated rings. The zero-order valence-electron chi connectivity index (χ0n) is 12.2. The van der Waals surface area contributed by atoms with Gasteiger partial charge in [0.05, 0.1) is 12.7 Å². The van der Waals surface area contributed by atoms with Crippen molar-refractivity contribution in [3.8, 4) is 0 Å². The van der Waals surface area contributed by atoms with Crippen LogP contribution < -0.4 is 5.32 Å². The summed E-state index contributed by atoms with van der Waals surface area (Å²) in [6, 6.07) is 18.8. The molecule has 0 radical (unpaired) electrons. The number of hydrogen-bond donors (Lipinski definition) is 1. The van der Waals surface area contributed by atoms with E-state index in [0.717, 1.165) is 18.8 Å². The van der Waals surface area contributed by atoms with Gasteiger partial charge in [0.15, 0.2) is 0 Å². The highest BCUT2D eigenvalue weighted by atomic mass is 15.3. The monoisotopic (exact) mass is 277 g/mol. The molecule has 0 bridgehead atoms. The third kappa shape index (κ3) is 3.72. The first kappa shape index (κ1) is 13.4. The van der Waals surface area contributed by atoms with E-state index >= 15 is 0 Å². The Kier molecular flexibility index (Phi) is 4.01. The van der Waals surface area contributed by atoms with E-state index in [0.29, 0.717) is 0 Å². The first-order valence-corrected chi connectivity index (χ1v) is 7.15. The van der Waals surface area contributed by atoms with E-state index in [4.69, 9.17) is 0 Å². The summed E-state index contributed by atoms with van der Waals surface area (Å²) in [6.45, 7) is 3.70. The van der Waals surface area contributed by atoms with E-state index in [1.807, 2.05) is 16.9 Å². The summed E-state index contributed by atoms with van der Waals surface area (Å²) in [4.78, 5) is 0. The molecule has 2 aromatic carbocycles. The Labute approximate surface area is 125 Å². The van der Waals surface area contributed by atoms with Crippen molar-refractivity contribution < 1.29 is 0 Å². The fourth-order valence-corrected chi connectivity index (χ4v) is 2.23. The maximum atomic E-state index is 4.41. The molecule has 3 aromatic rings. The van der Waals surface area contributed by atoms with Gasteiger partial charge in [0.1, 0.15) is 0 Å². The van der Waals surface area contributed by atoms with Crippen LogP contribution in [0.15, 0.2) is 67.0 Å². The lowest BCUT2D eigenvalue weighted by Crippen LogP contribution is -2.00. The molecule has 0 aliphatic rings. The van der Waals surface area contributed by atoms with Crippen LogP contribution in [-0.4, -0.2) is 9.78 Å². The van der Waals surface area contributed by atoms with Gasteiger partial charge in [-0.3, -0.25) is 4.68 Å². The van der Waals surface area contributed by atoms with E-state index in [1.54, 1.807) is 0 Å². The van der Waals surface area contributed by atoms with Gasteiger partial charge >= 0.3 is 0 Å². The molecule has 0 aliphatic carbocycles. The van der Waals surface area contributed by atoms with Gasteiger partial charge in [0, 0.05) is 24.0 Å². The molecule has 0 saturated carbocycles. The molecule has 0 spiro atoms. The molecule has 3 nitrogen and oxygen atoms in total. The van der Waals surface area contributed by atoms with Crippen LogP contribution in [0.4, 0.5) is 5.69 Å². The third-order valence-electron chi connectivity index (χ3n) is 3.42. The van der Waals surface area contributed by atoms with Gasteiger partial charge in [-0.05, 0) is 24.6 Å². The second-order valence-corrected chi connectivity index (χ2v) is 5.25. The highest BCUT2D eigenvalue weighted by Crippen LogP contribution is 2.11. The molecule has 106 valence electrons. The van der Waals surface area contributed by atoms with Crippen LogP contribution >= 0.6 is 0 Å². The van der Waals surface area contributed by atoms with Gasteiger partial charge in [-0.25, -0.2) is 0 Å². The Morgan fingerprint density at radius 1 is 0.952 bits per heavy atom. The number of aryl methyl sites for hydroxylation is 1. The van der Waals surface area contributed by atoms with Crippen LogP contribution in [0.3, 0.4) is 0 Å². The minimum atomic E-state index is 0.790. The van der Waals surface area contributed by atoms with Crippen LogP contribution in [0.2, 0.25) is 0 Å². The van der Waals surface area contributed by atoms with Gasteiger partial charge in [0.25, 0.3) is 0 Å². The van der Waals surface area contributed by atoms with E-state index in [2.05, 4.69) is 72.1 Å². The Hall–Kier alpha value is -2.55. The second kappa shape index (κ2) is 6.27.